The van der Waals surface area contributed by atoms with Gasteiger partial charge in [-0.15, -0.1) is 0 Å². The molecule has 0 amide bonds. The number of aromatic amines is 1. The van der Waals surface area contributed by atoms with Gasteiger partial charge < -0.3 is 4.98 Å². The molecule has 0 spiro atoms. The van der Waals surface area contributed by atoms with Crippen molar-refractivity contribution in [1.82, 2.24) is 9.97 Å². The predicted molar refractivity (Wildman–Crippen MR) is 69.5 cm³/mol. The van der Waals surface area contributed by atoms with E-state index in [1.807, 2.05) is 6.20 Å². The second kappa shape index (κ2) is 5.30. The van der Waals surface area contributed by atoms with Gasteiger partial charge in [-0.05, 0) is 24.1 Å². The highest BCUT2D eigenvalue weighted by atomic mass is 79.9. The second-order valence-electron chi connectivity index (χ2n) is 3.91. The van der Waals surface area contributed by atoms with Gasteiger partial charge >= 0.3 is 0 Å². The Kier molecular flexibility index (Phi) is 3.78. The third-order valence-electron chi connectivity index (χ3n) is 2.49. The second-order valence-corrected chi connectivity index (χ2v) is 4.82. The van der Waals surface area contributed by atoms with Crippen molar-refractivity contribution >= 4 is 15.9 Å². The standard InChI is InChI=1S/C13H15BrN2/c1-2-3-12-9-15-13(16-12)8-10-4-6-11(14)7-5-10/h4-7,9H,2-3,8H2,1H3,(H,15,16). The molecule has 0 saturated heterocycles. The summed E-state index contributed by atoms with van der Waals surface area (Å²) in [5.74, 6) is 1.05. The molecule has 0 aliphatic carbocycles. The summed E-state index contributed by atoms with van der Waals surface area (Å²) >= 11 is 3.43. The molecule has 0 aliphatic heterocycles. The van der Waals surface area contributed by atoms with Crippen molar-refractivity contribution in [1.29, 1.82) is 0 Å². The molecule has 0 bridgehead atoms. The van der Waals surface area contributed by atoms with E-state index in [-0.39, 0.29) is 0 Å². The molecular formula is C13H15BrN2. The maximum Gasteiger partial charge on any atom is 0.110 e. The molecule has 0 atom stereocenters. The molecule has 1 N–H and O–H groups in total. The largest absolute Gasteiger partial charge is 0.346 e. The molecule has 16 heavy (non-hydrogen) atoms. The molecule has 1 aromatic heterocycles. The first-order valence-corrected chi connectivity index (χ1v) is 6.34. The molecule has 0 saturated carbocycles. The van der Waals surface area contributed by atoms with Crippen LogP contribution in [0.2, 0.25) is 0 Å². The Morgan fingerprint density at radius 1 is 1.25 bits per heavy atom. The van der Waals surface area contributed by atoms with Gasteiger partial charge in [0.25, 0.3) is 0 Å². The average molecular weight is 279 g/mol. The van der Waals surface area contributed by atoms with Crippen LogP contribution >= 0.6 is 15.9 Å². The van der Waals surface area contributed by atoms with Crippen molar-refractivity contribution in [2.75, 3.05) is 0 Å². The molecule has 2 aromatic rings. The molecule has 0 fully saturated rings. The number of imidazole rings is 1. The van der Waals surface area contributed by atoms with Gasteiger partial charge in [0.1, 0.15) is 5.82 Å². The number of halogens is 1. The van der Waals surface area contributed by atoms with Crippen LogP contribution in [0.15, 0.2) is 34.9 Å². The van der Waals surface area contributed by atoms with Gasteiger partial charge in [-0.25, -0.2) is 4.98 Å². The summed E-state index contributed by atoms with van der Waals surface area (Å²) in [5.41, 5.74) is 2.51. The number of aryl methyl sites for hydroxylation is 1. The maximum atomic E-state index is 4.39. The molecule has 1 aromatic carbocycles. The number of nitrogens with one attached hydrogen (secondary N) is 1. The summed E-state index contributed by atoms with van der Waals surface area (Å²) in [6, 6.07) is 8.36. The van der Waals surface area contributed by atoms with E-state index in [9.17, 15) is 0 Å². The van der Waals surface area contributed by atoms with Crippen molar-refractivity contribution < 1.29 is 0 Å². The summed E-state index contributed by atoms with van der Waals surface area (Å²) < 4.78 is 1.11. The van der Waals surface area contributed by atoms with Gasteiger partial charge in [0.15, 0.2) is 0 Å². The number of nitrogens with zero attached hydrogens (tertiary/aromatic N) is 1. The van der Waals surface area contributed by atoms with E-state index in [1.54, 1.807) is 0 Å². The first kappa shape index (κ1) is 11.4. The molecule has 0 aliphatic rings. The molecule has 1 heterocycles. The Morgan fingerprint density at radius 2 is 2.00 bits per heavy atom. The van der Waals surface area contributed by atoms with E-state index in [2.05, 4.69) is 57.1 Å². The lowest BCUT2D eigenvalue weighted by atomic mass is 10.1. The Bertz CT molecular complexity index is 445. The lowest BCUT2D eigenvalue weighted by Crippen LogP contribution is -1.91. The SMILES string of the molecule is CCCc1cnc(Cc2ccc(Br)cc2)[nH]1. The molecule has 84 valence electrons. The fraction of sp³-hybridized carbons (Fsp3) is 0.308. The summed E-state index contributed by atoms with van der Waals surface area (Å²) in [6.07, 6.45) is 5.04. The van der Waals surface area contributed by atoms with Gasteiger partial charge in [-0.2, -0.15) is 0 Å². The average Bonchev–Trinajstić information content (AvgIpc) is 2.70. The van der Waals surface area contributed by atoms with Gasteiger partial charge in [-0.1, -0.05) is 41.4 Å². The van der Waals surface area contributed by atoms with E-state index in [0.29, 0.717) is 0 Å². The van der Waals surface area contributed by atoms with E-state index in [4.69, 9.17) is 0 Å². The number of hydrogen-bond acceptors (Lipinski definition) is 1. The minimum absolute atomic E-state index is 0.872. The molecule has 2 nitrogen and oxygen atoms in total. The number of rotatable bonds is 4. The van der Waals surface area contributed by atoms with Gasteiger partial charge in [0.2, 0.25) is 0 Å². The van der Waals surface area contributed by atoms with Crippen LogP contribution in [0, 0.1) is 0 Å². The molecular weight excluding hydrogens is 264 g/mol. The van der Waals surface area contributed by atoms with E-state index in [1.165, 1.54) is 11.3 Å². The lowest BCUT2D eigenvalue weighted by molar-refractivity contribution is 0.882. The zero-order valence-corrected chi connectivity index (χ0v) is 10.9. The summed E-state index contributed by atoms with van der Waals surface area (Å²) in [4.78, 5) is 7.74. The Hall–Kier alpha value is -1.09. The molecule has 3 heteroatoms. The van der Waals surface area contributed by atoms with Crippen LogP contribution in [0.4, 0.5) is 0 Å². The zero-order valence-electron chi connectivity index (χ0n) is 9.33. The van der Waals surface area contributed by atoms with Crippen LogP contribution in [0.3, 0.4) is 0 Å². The highest BCUT2D eigenvalue weighted by molar-refractivity contribution is 9.10. The Morgan fingerprint density at radius 3 is 2.69 bits per heavy atom. The predicted octanol–water partition coefficient (Wildman–Crippen LogP) is 3.72. The van der Waals surface area contributed by atoms with Crippen LogP contribution in [-0.4, -0.2) is 9.97 Å². The van der Waals surface area contributed by atoms with E-state index in [0.717, 1.165) is 29.6 Å². The summed E-state index contributed by atoms with van der Waals surface area (Å²) in [7, 11) is 0. The first-order valence-electron chi connectivity index (χ1n) is 5.55. The number of H-pyrrole nitrogens is 1. The summed E-state index contributed by atoms with van der Waals surface area (Å²) in [6.45, 7) is 2.18. The van der Waals surface area contributed by atoms with E-state index >= 15 is 0 Å². The van der Waals surface area contributed by atoms with Crippen LogP contribution in [0.5, 0.6) is 0 Å². The van der Waals surface area contributed by atoms with Gasteiger partial charge in [-0.3, -0.25) is 0 Å². The van der Waals surface area contributed by atoms with Crippen molar-refractivity contribution in [2.24, 2.45) is 0 Å². The third-order valence-corrected chi connectivity index (χ3v) is 3.01. The third kappa shape index (κ3) is 2.95. The Labute approximate surface area is 104 Å². The van der Waals surface area contributed by atoms with Crippen LogP contribution < -0.4 is 0 Å². The minimum Gasteiger partial charge on any atom is -0.346 e. The van der Waals surface area contributed by atoms with E-state index < -0.39 is 0 Å². The molecule has 0 radical (unpaired) electrons. The highest BCUT2D eigenvalue weighted by Crippen LogP contribution is 2.13. The topological polar surface area (TPSA) is 28.7 Å². The van der Waals surface area contributed by atoms with Gasteiger partial charge in [0.05, 0.1) is 0 Å². The zero-order chi connectivity index (χ0) is 11.4. The quantitative estimate of drug-likeness (QED) is 0.908. The van der Waals surface area contributed by atoms with Crippen LogP contribution in [0.1, 0.15) is 30.4 Å². The number of benzene rings is 1. The minimum atomic E-state index is 0.872. The van der Waals surface area contributed by atoms with Crippen molar-refractivity contribution in [3.63, 3.8) is 0 Å². The number of aromatic nitrogens is 2. The van der Waals surface area contributed by atoms with Crippen molar-refractivity contribution in [3.8, 4) is 0 Å². The normalized spacial score (nSPS) is 10.6. The summed E-state index contributed by atoms with van der Waals surface area (Å²) in [5, 5.41) is 0. The number of hydrogen-bond donors (Lipinski definition) is 1. The van der Waals surface area contributed by atoms with Crippen molar-refractivity contribution in [3.05, 3.63) is 52.0 Å². The van der Waals surface area contributed by atoms with Crippen molar-refractivity contribution in [2.45, 2.75) is 26.2 Å². The fourth-order valence-corrected chi connectivity index (χ4v) is 1.95. The molecule has 2 rings (SSSR count). The highest BCUT2D eigenvalue weighted by Gasteiger charge is 2.01. The smallest absolute Gasteiger partial charge is 0.110 e. The van der Waals surface area contributed by atoms with Crippen LogP contribution in [0.25, 0.3) is 0 Å². The first-order chi connectivity index (χ1) is 7.78. The monoisotopic (exact) mass is 278 g/mol. The molecule has 0 unspecified atom stereocenters. The Balaban J connectivity index is 2.05. The van der Waals surface area contributed by atoms with Gasteiger partial charge in [0, 0.05) is 22.8 Å². The lowest BCUT2D eigenvalue weighted by Gasteiger charge is -1.98. The maximum absolute atomic E-state index is 4.39. The van der Waals surface area contributed by atoms with Crippen LogP contribution in [-0.2, 0) is 12.8 Å². The fourth-order valence-electron chi connectivity index (χ4n) is 1.69.